The van der Waals surface area contributed by atoms with E-state index in [2.05, 4.69) is 10.2 Å². The van der Waals surface area contributed by atoms with Crippen LogP contribution in [-0.4, -0.2) is 49.2 Å². The summed E-state index contributed by atoms with van der Waals surface area (Å²) in [5.74, 6) is -0.358. The maximum absolute atomic E-state index is 12.8. The average molecular weight is 391 g/mol. The van der Waals surface area contributed by atoms with E-state index < -0.39 is 11.7 Å². The van der Waals surface area contributed by atoms with Crippen LogP contribution in [0.1, 0.15) is 25.0 Å². The average Bonchev–Trinajstić information content (AvgIpc) is 2.52. The zero-order valence-electron chi connectivity index (χ0n) is 14.6. The Balaban J connectivity index is 1.84. The molecule has 1 aromatic carbocycles. The highest BCUT2D eigenvalue weighted by Gasteiger charge is 2.33. The molecule has 26 heavy (non-hydrogen) atoms. The highest BCUT2D eigenvalue weighted by molar-refractivity contribution is 6.31. The number of rotatable bonds is 5. The van der Waals surface area contributed by atoms with Gasteiger partial charge in [-0.25, -0.2) is 0 Å². The fourth-order valence-electron chi connectivity index (χ4n) is 2.90. The van der Waals surface area contributed by atoms with Crippen molar-refractivity contribution in [1.82, 2.24) is 10.2 Å². The lowest BCUT2D eigenvalue weighted by atomic mass is 10.1. The van der Waals surface area contributed by atoms with Gasteiger partial charge in [0.2, 0.25) is 5.91 Å². The van der Waals surface area contributed by atoms with Crippen molar-refractivity contribution < 1.29 is 22.7 Å². The molecule has 1 saturated heterocycles. The van der Waals surface area contributed by atoms with Crippen LogP contribution in [0.25, 0.3) is 6.08 Å². The van der Waals surface area contributed by atoms with E-state index in [0.29, 0.717) is 13.1 Å². The number of nitrogens with zero attached hydrogens (tertiary/aromatic N) is 1. The molecule has 1 heterocycles. The van der Waals surface area contributed by atoms with Crippen molar-refractivity contribution in [1.29, 1.82) is 0 Å². The number of halogens is 4. The van der Waals surface area contributed by atoms with Gasteiger partial charge in [-0.1, -0.05) is 17.7 Å². The van der Waals surface area contributed by atoms with Crippen molar-refractivity contribution in [3.05, 3.63) is 40.4 Å². The van der Waals surface area contributed by atoms with Gasteiger partial charge in [-0.2, -0.15) is 13.2 Å². The smallest absolute Gasteiger partial charge is 0.373 e. The third-order valence-corrected chi connectivity index (χ3v) is 4.28. The Bertz CT molecular complexity index is 654. The van der Waals surface area contributed by atoms with E-state index in [1.807, 2.05) is 13.8 Å². The second-order valence-electron chi connectivity index (χ2n) is 6.38. The quantitative estimate of drug-likeness (QED) is 0.781. The van der Waals surface area contributed by atoms with Gasteiger partial charge in [-0.15, -0.1) is 0 Å². The SMILES string of the molecule is C[C@H]1CN(CCNC(=O)/C=C/c2ccc(Cl)c(C(F)(F)F)c2)C[C@H](C)O1. The summed E-state index contributed by atoms with van der Waals surface area (Å²) in [5, 5.41) is 2.36. The molecule has 0 spiro atoms. The normalized spacial score (nSPS) is 21.9. The first-order valence-corrected chi connectivity index (χ1v) is 8.73. The Kier molecular flexibility index (Phi) is 7.08. The van der Waals surface area contributed by atoms with Crippen molar-refractivity contribution in [2.45, 2.75) is 32.2 Å². The Morgan fingerprint density at radius 3 is 2.62 bits per heavy atom. The number of amides is 1. The van der Waals surface area contributed by atoms with Crippen molar-refractivity contribution in [2.24, 2.45) is 0 Å². The fourth-order valence-corrected chi connectivity index (χ4v) is 3.12. The highest BCUT2D eigenvalue weighted by Crippen LogP contribution is 2.35. The van der Waals surface area contributed by atoms with Crippen molar-refractivity contribution in [3.63, 3.8) is 0 Å². The molecule has 1 amide bonds. The monoisotopic (exact) mass is 390 g/mol. The van der Waals surface area contributed by atoms with Crippen LogP contribution in [0.2, 0.25) is 5.02 Å². The van der Waals surface area contributed by atoms with E-state index in [1.165, 1.54) is 24.3 Å². The van der Waals surface area contributed by atoms with E-state index in [4.69, 9.17) is 16.3 Å². The lowest BCUT2D eigenvalue weighted by molar-refractivity contribution is -0.137. The molecule has 8 heteroatoms. The third-order valence-electron chi connectivity index (χ3n) is 3.95. The molecule has 1 aromatic rings. The zero-order chi connectivity index (χ0) is 19.3. The zero-order valence-corrected chi connectivity index (χ0v) is 15.4. The minimum atomic E-state index is -4.53. The standard InChI is InChI=1S/C18H22ClF3N2O2/c1-12-10-24(11-13(2)26-12)8-7-23-17(25)6-4-14-3-5-16(19)15(9-14)18(20,21)22/h3-6,9,12-13H,7-8,10-11H2,1-2H3,(H,23,25)/b6-4+/t12-,13-/m0/s1. The van der Waals surface area contributed by atoms with Gasteiger partial charge in [0, 0.05) is 32.3 Å². The second kappa shape index (κ2) is 8.88. The molecule has 1 fully saturated rings. The Morgan fingerprint density at radius 2 is 2.00 bits per heavy atom. The first kappa shape index (κ1) is 20.7. The first-order valence-electron chi connectivity index (χ1n) is 8.35. The summed E-state index contributed by atoms with van der Waals surface area (Å²) in [6.45, 7) is 6.77. The van der Waals surface area contributed by atoms with Gasteiger partial charge in [-0.05, 0) is 37.6 Å². The lowest BCUT2D eigenvalue weighted by Crippen LogP contribution is -2.47. The van der Waals surface area contributed by atoms with Crippen LogP contribution in [0.3, 0.4) is 0 Å². The summed E-state index contributed by atoms with van der Waals surface area (Å²) < 4.78 is 44.1. The molecule has 2 atom stereocenters. The summed E-state index contributed by atoms with van der Waals surface area (Å²) in [6.07, 6.45) is -1.67. The number of carbonyl (C=O) groups excluding carboxylic acids is 1. The van der Waals surface area contributed by atoms with Gasteiger partial charge in [0.05, 0.1) is 22.8 Å². The lowest BCUT2D eigenvalue weighted by Gasteiger charge is -2.35. The van der Waals surface area contributed by atoms with Crippen molar-refractivity contribution in [2.75, 3.05) is 26.2 Å². The number of hydrogen-bond acceptors (Lipinski definition) is 3. The summed E-state index contributed by atoms with van der Waals surface area (Å²) in [5.41, 5.74) is -0.662. The molecule has 144 valence electrons. The molecular weight excluding hydrogens is 369 g/mol. The van der Waals surface area contributed by atoms with Crippen LogP contribution in [-0.2, 0) is 15.7 Å². The Morgan fingerprint density at radius 1 is 1.35 bits per heavy atom. The number of nitrogens with one attached hydrogen (secondary N) is 1. The second-order valence-corrected chi connectivity index (χ2v) is 6.79. The molecule has 0 aliphatic carbocycles. The minimum absolute atomic E-state index is 0.155. The van der Waals surface area contributed by atoms with Crippen molar-refractivity contribution in [3.8, 4) is 0 Å². The minimum Gasteiger partial charge on any atom is -0.373 e. The number of carbonyl (C=O) groups is 1. The van der Waals surface area contributed by atoms with Gasteiger partial charge in [0.25, 0.3) is 0 Å². The topological polar surface area (TPSA) is 41.6 Å². The predicted octanol–water partition coefficient (Wildman–Crippen LogP) is 3.60. The molecule has 0 saturated carbocycles. The molecule has 0 radical (unpaired) electrons. The molecule has 1 aliphatic rings. The summed E-state index contributed by atoms with van der Waals surface area (Å²) >= 11 is 5.57. The molecular formula is C18H22ClF3N2O2. The molecule has 0 aromatic heterocycles. The van der Waals surface area contributed by atoms with Crippen LogP contribution in [0.5, 0.6) is 0 Å². The molecule has 1 N–H and O–H groups in total. The molecule has 0 bridgehead atoms. The summed E-state index contributed by atoms with van der Waals surface area (Å²) in [7, 11) is 0. The van der Waals surface area contributed by atoms with Gasteiger partial charge >= 0.3 is 6.18 Å². The van der Waals surface area contributed by atoms with E-state index in [0.717, 1.165) is 19.2 Å². The summed E-state index contributed by atoms with van der Waals surface area (Å²) in [4.78, 5) is 14.1. The molecule has 4 nitrogen and oxygen atoms in total. The molecule has 1 aliphatic heterocycles. The van der Waals surface area contributed by atoms with Crippen LogP contribution in [0.4, 0.5) is 13.2 Å². The van der Waals surface area contributed by atoms with Crippen molar-refractivity contribution >= 4 is 23.6 Å². The maximum Gasteiger partial charge on any atom is 0.417 e. The molecule has 2 rings (SSSR count). The van der Waals surface area contributed by atoms with Crippen LogP contribution < -0.4 is 5.32 Å². The van der Waals surface area contributed by atoms with E-state index in [1.54, 1.807) is 0 Å². The van der Waals surface area contributed by atoms with Crippen LogP contribution in [0, 0.1) is 0 Å². The van der Waals surface area contributed by atoms with Gasteiger partial charge < -0.3 is 10.1 Å². The number of hydrogen-bond donors (Lipinski definition) is 1. The number of ether oxygens (including phenoxy) is 1. The maximum atomic E-state index is 12.8. The number of morpholine rings is 1. The Hall–Kier alpha value is -1.57. The summed E-state index contributed by atoms with van der Waals surface area (Å²) in [6, 6.07) is 3.52. The third kappa shape index (κ3) is 6.30. The largest absolute Gasteiger partial charge is 0.417 e. The van der Waals surface area contributed by atoms with E-state index in [9.17, 15) is 18.0 Å². The molecule has 0 unspecified atom stereocenters. The van der Waals surface area contributed by atoms with Crippen LogP contribution >= 0.6 is 11.6 Å². The highest BCUT2D eigenvalue weighted by atomic mass is 35.5. The van der Waals surface area contributed by atoms with E-state index >= 15 is 0 Å². The fraction of sp³-hybridized carbons (Fsp3) is 0.500. The van der Waals surface area contributed by atoms with Crippen LogP contribution in [0.15, 0.2) is 24.3 Å². The van der Waals surface area contributed by atoms with Gasteiger partial charge in [-0.3, -0.25) is 9.69 Å². The van der Waals surface area contributed by atoms with E-state index in [-0.39, 0.29) is 28.7 Å². The Labute approximate surface area is 155 Å². The predicted molar refractivity (Wildman–Crippen MR) is 94.9 cm³/mol. The number of benzene rings is 1. The number of alkyl halides is 3. The van der Waals surface area contributed by atoms with Gasteiger partial charge in [0.1, 0.15) is 0 Å². The van der Waals surface area contributed by atoms with Gasteiger partial charge in [0.15, 0.2) is 0 Å². The first-order chi connectivity index (χ1) is 12.1.